The largest absolute Gasteiger partial charge is 0.389 e. The molecule has 0 aliphatic heterocycles. The number of hydrogen-bond donors (Lipinski definition) is 2. The molecular weight excluding hydrogens is 395 g/mol. The van der Waals surface area contributed by atoms with E-state index < -0.39 is 0 Å². The van der Waals surface area contributed by atoms with Crippen LogP contribution in [0.2, 0.25) is 10.0 Å². The second-order valence-corrected chi connectivity index (χ2v) is 6.31. The van der Waals surface area contributed by atoms with E-state index in [2.05, 4.69) is 21.2 Å². The van der Waals surface area contributed by atoms with E-state index in [0.717, 1.165) is 4.47 Å². The van der Waals surface area contributed by atoms with Crippen LogP contribution in [0.15, 0.2) is 40.9 Å². The van der Waals surface area contributed by atoms with Crippen molar-refractivity contribution < 1.29 is 4.79 Å². The number of amides is 1. The molecule has 7 heteroatoms. The number of nitrogens with two attached hydrogens (primary N) is 1. The van der Waals surface area contributed by atoms with E-state index in [4.69, 9.17) is 41.2 Å². The van der Waals surface area contributed by atoms with Crippen LogP contribution in [-0.4, -0.2) is 10.9 Å². The first-order valence-electron chi connectivity index (χ1n) is 5.74. The highest BCUT2D eigenvalue weighted by molar-refractivity contribution is 9.10. The molecule has 0 aliphatic carbocycles. The Bertz CT molecular complexity index is 737. The monoisotopic (exact) mass is 402 g/mol. The maximum Gasteiger partial charge on any atom is 0.257 e. The minimum atomic E-state index is -0.350. The van der Waals surface area contributed by atoms with Crippen LogP contribution in [0, 0.1) is 0 Å². The Hall–Kier alpha value is -1.14. The van der Waals surface area contributed by atoms with Crippen LogP contribution in [0.4, 0.5) is 5.69 Å². The molecule has 2 aromatic carbocycles. The Balaban J connectivity index is 2.25. The highest BCUT2D eigenvalue weighted by Crippen LogP contribution is 2.26. The van der Waals surface area contributed by atoms with Crippen LogP contribution in [0.3, 0.4) is 0 Å². The average molecular weight is 404 g/mol. The third-order valence-corrected chi connectivity index (χ3v) is 4.03. The average Bonchev–Trinajstić information content (AvgIpc) is 2.40. The van der Waals surface area contributed by atoms with Crippen molar-refractivity contribution in [1.82, 2.24) is 0 Å². The number of thiocarbonyl (C=S) groups is 1. The summed E-state index contributed by atoms with van der Waals surface area (Å²) in [5.74, 6) is -0.350. The standard InChI is InChI=1S/C14H9BrCl2N2OS/c15-8-2-3-9(10(16)6-8)14(20)19-12-4-1-7(13(18)21)5-11(12)17/h1-6H,(H2,18,21)(H,19,20). The molecule has 0 fully saturated rings. The summed E-state index contributed by atoms with van der Waals surface area (Å²) in [6.45, 7) is 0. The highest BCUT2D eigenvalue weighted by Gasteiger charge is 2.13. The summed E-state index contributed by atoms with van der Waals surface area (Å²) in [6, 6.07) is 9.93. The van der Waals surface area contributed by atoms with Gasteiger partial charge in [-0.25, -0.2) is 0 Å². The maximum absolute atomic E-state index is 12.2. The van der Waals surface area contributed by atoms with Crippen LogP contribution < -0.4 is 11.1 Å². The van der Waals surface area contributed by atoms with E-state index in [-0.39, 0.29) is 10.9 Å². The Morgan fingerprint density at radius 3 is 2.43 bits per heavy atom. The second-order valence-electron chi connectivity index (χ2n) is 4.14. The quantitative estimate of drug-likeness (QED) is 0.733. The first-order valence-corrected chi connectivity index (χ1v) is 7.70. The van der Waals surface area contributed by atoms with Gasteiger partial charge in [0.1, 0.15) is 4.99 Å². The summed E-state index contributed by atoms with van der Waals surface area (Å²) in [5.41, 5.74) is 6.97. The van der Waals surface area contributed by atoms with E-state index in [0.29, 0.717) is 26.9 Å². The Kier molecular flexibility index (Phi) is 5.22. The van der Waals surface area contributed by atoms with Gasteiger partial charge in [0, 0.05) is 10.0 Å². The zero-order chi connectivity index (χ0) is 15.6. The fourth-order valence-electron chi connectivity index (χ4n) is 1.63. The van der Waals surface area contributed by atoms with Gasteiger partial charge in [-0.2, -0.15) is 0 Å². The molecule has 3 N–H and O–H groups in total. The molecule has 2 aromatic rings. The lowest BCUT2D eigenvalue weighted by Gasteiger charge is -2.10. The first kappa shape index (κ1) is 16.2. The second kappa shape index (κ2) is 6.75. The van der Waals surface area contributed by atoms with E-state index >= 15 is 0 Å². The third kappa shape index (κ3) is 3.95. The Morgan fingerprint density at radius 1 is 1.14 bits per heavy atom. The smallest absolute Gasteiger partial charge is 0.257 e. The summed E-state index contributed by atoms with van der Waals surface area (Å²) >= 11 is 20.3. The van der Waals surface area contributed by atoms with Gasteiger partial charge in [-0.15, -0.1) is 0 Å². The third-order valence-electron chi connectivity index (χ3n) is 2.68. The number of nitrogens with one attached hydrogen (secondary N) is 1. The fraction of sp³-hybridized carbons (Fsp3) is 0. The van der Waals surface area contributed by atoms with Gasteiger partial charge in [0.25, 0.3) is 5.91 Å². The number of carbonyl (C=O) groups is 1. The van der Waals surface area contributed by atoms with Gasteiger partial charge in [-0.3, -0.25) is 4.79 Å². The van der Waals surface area contributed by atoms with Crippen molar-refractivity contribution in [1.29, 1.82) is 0 Å². The van der Waals surface area contributed by atoms with Crippen molar-refractivity contribution in [3.8, 4) is 0 Å². The molecule has 0 aromatic heterocycles. The predicted molar refractivity (Wildman–Crippen MR) is 94.4 cm³/mol. The minimum absolute atomic E-state index is 0.241. The number of anilines is 1. The molecule has 21 heavy (non-hydrogen) atoms. The molecule has 0 spiro atoms. The van der Waals surface area contributed by atoms with E-state index in [1.54, 1.807) is 36.4 Å². The summed E-state index contributed by atoms with van der Waals surface area (Å²) in [4.78, 5) is 12.4. The van der Waals surface area contributed by atoms with Gasteiger partial charge in [0.05, 0.1) is 21.3 Å². The number of hydrogen-bond acceptors (Lipinski definition) is 2. The molecular formula is C14H9BrCl2N2OS. The van der Waals surface area contributed by atoms with Crippen LogP contribution in [0.1, 0.15) is 15.9 Å². The lowest BCUT2D eigenvalue weighted by molar-refractivity contribution is 0.102. The molecule has 0 aliphatic rings. The van der Waals surface area contributed by atoms with Gasteiger partial charge in [-0.1, -0.05) is 51.3 Å². The highest BCUT2D eigenvalue weighted by atomic mass is 79.9. The zero-order valence-electron chi connectivity index (χ0n) is 10.5. The van der Waals surface area contributed by atoms with Gasteiger partial charge in [-0.05, 0) is 36.4 Å². The molecule has 0 saturated carbocycles. The normalized spacial score (nSPS) is 10.2. The molecule has 2 rings (SSSR count). The van der Waals surface area contributed by atoms with E-state index in [1.807, 2.05) is 0 Å². The summed E-state index contributed by atoms with van der Waals surface area (Å²) in [6.07, 6.45) is 0. The van der Waals surface area contributed by atoms with Gasteiger partial charge < -0.3 is 11.1 Å². The van der Waals surface area contributed by atoms with Crippen molar-refractivity contribution in [3.63, 3.8) is 0 Å². The molecule has 0 atom stereocenters. The van der Waals surface area contributed by atoms with Crippen molar-refractivity contribution >= 4 is 67.9 Å². The van der Waals surface area contributed by atoms with Crippen molar-refractivity contribution in [2.75, 3.05) is 5.32 Å². The molecule has 0 saturated heterocycles. The SMILES string of the molecule is NC(=S)c1ccc(NC(=O)c2ccc(Br)cc2Cl)c(Cl)c1. The molecule has 0 heterocycles. The van der Waals surface area contributed by atoms with E-state index in [1.165, 1.54) is 0 Å². The molecule has 0 radical (unpaired) electrons. The van der Waals surface area contributed by atoms with Gasteiger partial charge in [0.15, 0.2) is 0 Å². The summed E-state index contributed by atoms with van der Waals surface area (Å²) < 4.78 is 0.794. The van der Waals surface area contributed by atoms with Crippen LogP contribution in [-0.2, 0) is 0 Å². The lowest BCUT2D eigenvalue weighted by Crippen LogP contribution is -2.14. The van der Waals surface area contributed by atoms with Crippen LogP contribution >= 0.6 is 51.3 Å². The number of carbonyl (C=O) groups excluding carboxylic acids is 1. The number of benzene rings is 2. The van der Waals surface area contributed by atoms with Gasteiger partial charge >= 0.3 is 0 Å². The molecule has 0 unspecified atom stereocenters. The van der Waals surface area contributed by atoms with Crippen LogP contribution in [0.25, 0.3) is 0 Å². The lowest BCUT2D eigenvalue weighted by atomic mass is 10.2. The number of rotatable bonds is 3. The van der Waals surface area contributed by atoms with Crippen molar-refractivity contribution in [3.05, 3.63) is 62.0 Å². The van der Waals surface area contributed by atoms with Crippen molar-refractivity contribution in [2.24, 2.45) is 5.73 Å². The predicted octanol–water partition coefficient (Wildman–Crippen LogP) is 4.64. The fourth-order valence-corrected chi connectivity index (χ4v) is 2.75. The minimum Gasteiger partial charge on any atom is -0.389 e. The molecule has 108 valence electrons. The Morgan fingerprint density at radius 2 is 1.86 bits per heavy atom. The Labute approximate surface area is 145 Å². The van der Waals surface area contributed by atoms with Crippen molar-refractivity contribution in [2.45, 2.75) is 0 Å². The van der Waals surface area contributed by atoms with Gasteiger partial charge in [0.2, 0.25) is 0 Å². The summed E-state index contributed by atoms with van der Waals surface area (Å²) in [7, 11) is 0. The topological polar surface area (TPSA) is 55.1 Å². The molecule has 3 nitrogen and oxygen atoms in total. The first-order chi connectivity index (χ1) is 9.88. The summed E-state index contributed by atoms with van der Waals surface area (Å²) in [5, 5.41) is 3.39. The molecule has 0 bridgehead atoms. The number of halogens is 3. The molecule has 1 amide bonds. The zero-order valence-corrected chi connectivity index (χ0v) is 14.4. The van der Waals surface area contributed by atoms with Crippen LogP contribution in [0.5, 0.6) is 0 Å². The maximum atomic E-state index is 12.2. The van der Waals surface area contributed by atoms with E-state index in [9.17, 15) is 4.79 Å².